The summed E-state index contributed by atoms with van der Waals surface area (Å²) in [6.07, 6.45) is 6.66. The molecule has 10 heteroatoms. The van der Waals surface area contributed by atoms with Crippen LogP contribution in [0.1, 0.15) is 47.3 Å². The molecule has 6 rings (SSSR count). The fraction of sp³-hybridized carbons (Fsp3) is 0.458. The molecule has 7 nitrogen and oxygen atoms in total. The normalized spacial score (nSPS) is 24.1. The Morgan fingerprint density at radius 3 is 2.76 bits per heavy atom. The van der Waals surface area contributed by atoms with Crippen LogP contribution in [-0.2, 0) is 13.1 Å². The number of nitrogens with zero attached hydrogens (tertiary/aromatic N) is 5. The number of carbonyl (C=O) groups excluding carboxylic acids is 1. The van der Waals surface area contributed by atoms with E-state index in [0.29, 0.717) is 35.9 Å². The molecule has 0 aliphatic carbocycles. The fourth-order valence-electron chi connectivity index (χ4n) is 5.77. The Labute approximate surface area is 200 Å². The summed E-state index contributed by atoms with van der Waals surface area (Å²) in [5.41, 5.74) is 2.65. The summed E-state index contributed by atoms with van der Waals surface area (Å²) in [7, 11) is 0. The quantitative estimate of drug-likeness (QED) is 0.544. The number of benzene rings is 1. The second-order valence-corrected chi connectivity index (χ2v) is 9.73. The number of ether oxygens (including phenoxy) is 1. The number of amides is 1. The van der Waals surface area contributed by atoms with E-state index in [2.05, 4.69) is 15.0 Å². The van der Waals surface area contributed by atoms with Crippen LogP contribution in [0.4, 0.5) is 8.78 Å². The summed E-state index contributed by atoms with van der Waals surface area (Å²) in [6.45, 7) is 0.783. The van der Waals surface area contributed by atoms with Gasteiger partial charge in [-0.2, -0.15) is 5.10 Å². The minimum atomic E-state index is -0.451. The summed E-state index contributed by atoms with van der Waals surface area (Å²) < 4.78 is 35.0. The molecule has 0 radical (unpaired) electrons. The lowest BCUT2D eigenvalue weighted by Crippen LogP contribution is -2.47. The van der Waals surface area contributed by atoms with Gasteiger partial charge in [0.05, 0.1) is 35.6 Å². The van der Waals surface area contributed by atoms with Crippen molar-refractivity contribution in [1.29, 1.82) is 0 Å². The third-order valence-electron chi connectivity index (χ3n) is 7.25. The van der Waals surface area contributed by atoms with Crippen LogP contribution in [0.25, 0.3) is 5.65 Å². The van der Waals surface area contributed by atoms with Crippen LogP contribution >= 0.6 is 11.6 Å². The Bertz CT molecular complexity index is 1250. The number of piperidine rings is 1. The number of hydrogen-bond donors (Lipinski definition) is 0. The average molecular weight is 488 g/mol. The van der Waals surface area contributed by atoms with Gasteiger partial charge in [-0.05, 0) is 37.8 Å². The van der Waals surface area contributed by atoms with Gasteiger partial charge >= 0.3 is 0 Å². The van der Waals surface area contributed by atoms with Crippen molar-refractivity contribution in [2.24, 2.45) is 0 Å². The van der Waals surface area contributed by atoms with Gasteiger partial charge in [-0.15, -0.1) is 0 Å². The molecule has 5 heterocycles. The van der Waals surface area contributed by atoms with E-state index in [4.69, 9.17) is 16.3 Å². The molecule has 0 spiro atoms. The molecule has 3 aromatic rings. The van der Waals surface area contributed by atoms with Crippen LogP contribution in [0.15, 0.2) is 30.6 Å². The average Bonchev–Trinajstić information content (AvgIpc) is 3.42. The highest BCUT2D eigenvalue weighted by molar-refractivity contribution is 6.30. The first-order valence-corrected chi connectivity index (χ1v) is 12.0. The van der Waals surface area contributed by atoms with Crippen LogP contribution < -0.4 is 4.74 Å². The lowest BCUT2D eigenvalue weighted by Gasteiger charge is -2.38. The topological polar surface area (TPSA) is 63.0 Å². The van der Waals surface area contributed by atoms with E-state index in [-0.39, 0.29) is 36.5 Å². The summed E-state index contributed by atoms with van der Waals surface area (Å²) >= 11 is 6.00. The van der Waals surface area contributed by atoms with Gasteiger partial charge < -0.3 is 9.64 Å². The van der Waals surface area contributed by atoms with Gasteiger partial charge in [0, 0.05) is 36.5 Å². The maximum atomic E-state index is 14.2. The Balaban J connectivity index is 1.21. The van der Waals surface area contributed by atoms with E-state index in [9.17, 15) is 13.6 Å². The number of carbonyl (C=O) groups is 1. The number of aromatic nitrogens is 3. The van der Waals surface area contributed by atoms with Crippen LogP contribution in [0.2, 0.25) is 5.02 Å². The zero-order valence-corrected chi connectivity index (χ0v) is 19.2. The van der Waals surface area contributed by atoms with Gasteiger partial charge in [0.1, 0.15) is 24.3 Å². The minimum absolute atomic E-state index is 0.129. The summed E-state index contributed by atoms with van der Waals surface area (Å²) in [6, 6.07) is 4.61. The highest BCUT2D eigenvalue weighted by Crippen LogP contribution is 2.38. The molecule has 3 aliphatic rings. The molecule has 1 amide bonds. The fourth-order valence-corrected chi connectivity index (χ4v) is 5.91. The minimum Gasteiger partial charge on any atom is -0.489 e. The predicted octanol–water partition coefficient (Wildman–Crippen LogP) is 4.02. The molecule has 2 fully saturated rings. The monoisotopic (exact) mass is 487 g/mol. The molecule has 0 saturated carbocycles. The van der Waals surface area contributed by atoms with Gasteiger partial charge in [-0.1, -0.05) is 11.6 Å². The number of fused-ring (bicyclic) bond motifs is 5. The Kier molecular flexibility index (Phi) is 5.41. The van der Waals surface area contributed by atoms with E-state index in [1.807, 2.05) is 0 Å². The first kappa shape index (κ1) is 21.7. The van der Waals surface area contributed by atoms with E-state index in [0.717, 1.165) is 36.9 Å². The smallest absolute Gasteiger partial charge is 0.258 e. The molecule has 2 aromatic heterocycles. The van der Waals surface area contributed by atoms with E-state index >= 15 is 0 Å². The standard InChI is InChI=1S/C24H24ClF2N5O2/c25-14-10-28-23-20-12-30(13-21(20)29-32(23)11-14)24(33)19-4-1-15(27)7-22(19)34-18-8-16-2-3-17(9-18)31(16)6-5-26/h1,4,7,10-11,16-18H,2-3,5-6,8-9,12-13H2/t16-,17+,18+. The summed E-state index contributed by atoms with van der Waals surface area (Å²) in [4.78, 5) is 21.7. The lowest BCUT2D eigenvalue weighted by atomic mass is 9.99. The number of rotatable bonds is 5. The predicted molar refractivity (Wildman–Crippen MR) is 121 cm³/mol. The third-order valence-corrected chi connectivity index (χ3v) is 7.44. The van der Waals surface area contributed by atoms with Gasteiger partial charge in [0.2, 0.25) is 0 Å². The summed E-state index contributed by atoms with van der Waals surface area (Å²) in [5.74, 6) is -0.428. The maximum Gasteiger partial charge on any atom is 0.258 e. The van der Waals surface area contributed by atoms with Crippen molar-refractivity contribution in [2.75, 3.05) is 13.2 Å². The Hall–Kier alpha value is -2.78. The molecule has 1 aromatic carbocycles. The molecule has 2 bridgehead atoms. The number of halogens is 3. The van der Waals surface area contributed by atoms with Crippen molar-refractivity contribution in [2.45, 2.75) is 57.0 Å². The largest absolute Gasteiger partial charge is 0.489 e. The van der Waals surface area contributed by atoms with Crippen LogP contribution in [0.3, 0.4) is 0 Å². The van der Waals surface area contributed by atoms with Gasteiger partial charge in [0.15, 0.2) is 5.65 Å². The van der Waals surface area contributed by atoms with Gasteiger partial charge in [-0.25, -0.2) is 18.3 Å². The SMILES string of the molecule is O=C(c1ccc(F)cc1O[C@H]1C[C@H]2CC[C@@H](C1)N2CCF)N1Cc2nn3cc(Cl)cnc3c2C1. The van der Waals surface area contributed by atoms with Crippen molar-refractivity contribution in [3.8, 4) is 5.75 Å². The van der Waals surface area contributed by atoms with Crippen LogP contribution in [0.5, 0.6) is 5.75 Å². The van der Waals surface area contributed by atoms with Crippen molar-refractivity contribution >= 4 is 23.2 Å². The second-order valence-electron chi connectivity index (χ2n) is 9.29. The molecule has 0 unspecified atom stereocenters. The van der Waals surface area contributed by atoms with Crippen LogP contribution in [0, 0.1) is 5.82 Å². The first-order valence-electron chi connectivity index (χ1n) is 11.6. The van der Waals surface area contributed by atoms with Crippen molar-refractivity contribution in [1.82, 2.24) is 24.4 Å². The van der Waals surface area contributed by atoms with Gasteiger partial charge in [0.25, 0.3) is 5.91 Å². The molecular weight excluding hydrogens is 464 g/mol. The van der Waals surface area contributed by atoms with Crippen molar-refractivity contribution < 1.29 is 18.3 Å². The molecule has 178 valence electrons. The number of hydrogen-bond acceptors (Lipinski definition) is 5. The first-order chi connectivity index (χ1) is 16.5. The Morgan fingerprint density at radius 1 is 1.21 bits per heavy atom. The Morgan fingerprint density at radius 2 is 2.00 bits per heavy atom. The van der Waals surface area contributed by atoms with Gasteiger partial charge in [-0.3, -0.25) is 9.69 Å². The van der Waals surface area contributed by atoms with Crippen molar-refractivity contribution in [3.63, 3.8) is 0 Å². The van der Waals surface area contributed by atoms with E-state index in [1.165, 1.54) is 18.2 Å². The zero-order chi connectivity index (χ0) is 23.4. The highest BCUT2D eigenvalue weighted by atomic mass is 35.5. The van der Waals surface area contributed by atoms with E-state index in [1.54, 1.807) is 21.8 Å². The lowest BCUT2D eigenvalue weighted by molar-refractivity contribution is 0.0445. The number of alkyl halides is 1. The van der Waals surface area contributed by atoms with E-state index < -0.39 is 5.82 Å². The molecule has 3 aliphatic heterocycles. The molecule has 0 N–H and O–H groups in total. The second kappa shape index (κ2) is 8.46. The maximum absolute atomic E-state index is 14.2. The van der Waals surface area contributed by atoms with Crippen LogP contribution in [-0.4, -0.2) is 61.7 Å². The molecule has 2 saturated heterocycles. The summed E-state index contributed by atoms with van der Waals surface area (Å²) in [5, 5.41) is 4.99. The molecular formula is C24H24ClF2N5O2. The molecule has 3 atom stereocenters. The van der Waals surface area contributed by atoms with Crippen molar-refractivity contribution in [3.05, 3.63) is 58.3 Å². The zero-order valence-electron chi connectivity index (χ0n) is 18.5. The third kappa shape index (κ3) is 3.71. The highest BCUT2D eigenvalue weighted by Gasteiger charge is 2.41. The molecule has 34 heavy (non-hydrogen) atoms.